The molecule has 1 aromatic heterocycles. The van der Waals surface area contributed by atoms with Gasteiger partial charge in [-0.2, -0.15) is 0 Å². The number of nitrogens with zero attached hydrogens (tertiary/aromatic N) is 2. The van der Waals surface area contributed by atoms with E-state index >= 15 is 0 Å². The molecule has 1 unspecified atom stereocenters. The molecule has 1 amide bonds. The molecule has 1 fully saturated rings. The quantitative estimate of drug-likeness (QED) is 0.877. The van der Waals surface area contributed by atoms with Crippen LogP contribution in [0.5, 0.6) is 0 Å². The maximum Gasteiger partial charge on any atom is 0.305 e. The molecular weight excluding hydrogens is 256 g/mol. The third kappa shape index (κ3) is 2.85. The number of carbonyl (C=O) groups is 2. The molecule has 0 aliphatic carbocycles. The molecule has 6 nitrogen and oxygen atoms in total. The Morgan fingerprint density at radius 2 is 2.44 bits per heavy atom. The predicted molar refractivity (Wildman–Crippen MR) is 64.7 cm³/mol. The van der Waals surface area contributed by atoms with Gasteiger partial charge in [0.1, 0.15) is 4.88 Å². The zero-order chi connectivity index (χ0) is 13.1. The van der Waals surface area contributed by atoms with Crippen molar-refractivity contribution in [2.24, 2.45) is 0 Å². The van der Waals surface area contributed by atoms with Crippen molar-refractivity contribution in [1.29, 1.82) is 0 Å². The minimum atomic E-state index is -0.927. The van der Waals surface area contributed by atoms with Crippen molar-refractivity contribution in [3.63, 3.8) is 0 Å². The van der Waals surface area contributed by atoms with Crippen molar-refractivity contribution in [2.45, 2.75) is 19.4 Å². The normalized spacial score (nSPS) is 19.8. The Bertz CT molecular complexity index is 460. The summed E-state index contributed by atoms with van der Waals surface area (Å²) in [5.74, 6) is -1.08. The Kier molecular flexibility index (Phi) is 3.93. The van der Waals surface area contributed by atoms with Crippen LogP contribution in [-0.4, -0.2) is 52.7 Å². The fourth-order valence-electron chi connectivity index (χ4n) is 1.89. The molecule has 2 heterocycles. The van der Waals surface area contributed by atoms with E-state index in [4.69, 9.17) is 9.84 Å². The monoisotopic (exact) mass is 270 g/mol. The number of morpholine rings is 1. The van der Waals surface area contributed by atoms with Crippen LogP contribution in [0, 0.1) is 6.92 Å². The molecule has 0 spiro atoms. The highest BCUT2D eigenvalue weighted by Crippen LogP contribution is 2.19. The molecule has 7 heteroatoms. The van der Waals surface area contributed by atoms with Gasteiger partial charge in [-0.05, 0) is 6.92 Å². The van der Waals surface area contributed by atoms with Crippen LogP contribution in [0.1, 0.15) is 21.1 Å². The standard InChI is InChI=1S/C11H14N2O4S/c1-7-12-5-9(18-7)11(16)13-2-3-17-6-8(13)4-10(14)15/h5,8H,2-4,6H2,1H3,(H,14,15). The van der Waals surface area contributed by atoms with Gasteiger partial charge >= 0.3 is 5.97 Å². The molecule has 0 radical (unpaired) electrons. The van der Waals surface area contributed by atoms with E-state index in [0.717, 1.165) is 5.01 Å². The lowest BCUT2D eigenvalue weighted by molar-refractivity contribution is -0.139. The number of carboxylic acids is 1. The topological polar surface area (TPSA) is 79.7 Å². The van der Waals surface area contributed by atoms with Gasteiger partial charge in [0, 0.05) is 6.54 Å². The number of hydrogen-bond donors (Lipinski definition) is 1. The second-order valence-corrected chi connectivity index (χ2v) is 5.30. The van der Waals surface area contributed by atoms with Gasteiger partial charge in [-0.1, -0.05) is 0 Å². The molecule has 0 aromatic carbocycles. The van der Waals surface area contributed by atoms with Gasteiger partial charge in [-0.25, -0.2) is 4.98 Å². The number of thiazole rings is 1. The van der Waals surface area contributed by atoms with Crippen molar-refractivity contribution < 1.29 is 19.4 Å². The summed E-state index contributed by atoms with van der Waals surface area (Å²) in [6.07, 6.45) is 1.44. The second-order valence-electron chi connectivity index (χ2n) is 4.07. The van der Waals surface area contributed by atoms with Gasteiger partial charge in [0.05, 0.1) is 36.9 Å². The molecular formula is C11H14N2O4S. The molecule has 98 valence electrons. The third-order valence-corrected chi connectivity index (χ3v) is 3.63. The van der Waals surface area contributed by atoms with Crippen molar-refractivity contribution in [2.75, 3.05) is 19.8 Å². The summed E-state index contributed by atoms with van der Waals surface area (Å²) in [4.78, 5) is 29.2. The summed E-state index contributed by atoms with van der Waals surface area (Å²) in [6, 6.07) is -0.397. The number of aromatic nitrogens is 1. The lowest BCUT2D eigenvalue weighted by Gasteiger charge is -2.34. The van der Waals surface area contributed by atoms with Gasteiger partial charge in [-0.15, -0.1) is 11.3 Å². The van der Waals surface area contributed by atoms with Crippen LogP contribution in [0.2, 0.25) is 0 Å². The van der Waals surface area contributed by atoms with E-state index in [9.17, 15) is 9.59 Å². The number of amides is 1. The molecule has 1 N–H and O–H groups in total. The number of ether oxygens (including phenoxy) is 1. The van der Waals surface area contributed by atoms with Crippen molar-refractivity contribution >= 4 is 23.2 Å². The average molecular weight is 270 g/mol. The fourth-order valence-corrected chi connectivity index (χ4v) is 2.63. The zero-order valence-corrected chi connectivity index (χ0v) is 10.8. The first kappa shape index (κ1) is 13.0. The highest BCUT2D eigenvalue weighted by Gasteiger charge is 2.30. The highest BCUT2D eigenvalue weighted by molar-refractivity contribution is 7.13. The molecule has 18 heavy (non-hydrogen) atoms. The van der Waals surface area contributed by atoms with Crippen LogP contribution in [0.4, 0.5) is 0 Å². The maximum absolute atomic E-state index is 12.3. The van der Waals surface area contributed by atoms with Gasteiger partial charge in [0.15, 0.2) is 0 Å². The van der Waals surface area contributed by atoms with Crippen LogP contribution in [0.25, 0.3) is 0 Å². The van der Waals surface area contributed by atoms with E-state index < -0.39 is 12.0 Å². The summed E-state index contributed by atoms with van der Waals surface area (Å²) in [5.41, 5.74) is 0. The number of aliphatic carboxylic acids is 1. The SMILES string of the molecule is Cc1ncc(C(=O)N2CCOCC2CC(=O)O)s1. The number of hydrogen-bond acceptors (Lipinski definition) is 5. The lowest BCUT2D eigenvalue weighted by Crippen LogP contribution is -2.49. The number of carboxylic acid groups (broad SMARTS) is 1. The van der Waals surface area contributed by atoms with Crippen LogP contribution in [-0.2, 0) is 9.53 Å². The predicted octanol–water partition coefficient (Wildman–Crippen LogP) is 0.767. The Labute approximate surface area is 108 Å². The van der Waals surface area contributed by atoms with Gasteiger partial charge in [0.2, 0.25) is 0 Å². The molecule has 2 rings (SSSR count). The molecule has 1 aliphatic rings. The first-order chi connectivity index (χ1) is 8.58. The summed E-state index contributed by atoms with van der Waals surface area (Å²) in [7, 11) is 0. The van der Waals surface area contributed by atoms with Gasteiger partial charge < -0.3 is 14.7 Å². The summed E-state index contributed by atoms with van der Waals surface area (Å²) in [6.45, 7) is 2.97. The van der Waals surface area contributed by atoms with Crippen molar-refractivity contribution in [3.8, 4) is 0 Å². The molecule has 1 atom stereocenters. The van der Waals surface area contributed by atoms with Gasteiger partial charge in [-0.3, -0.25) is 9.59 Å². The smallest absolute Gasteiger partial charge is 0.305 e. The Balaban J connectivity index is 2.13. The molecule has 1 aliphatic heterocycles. The van der Waals surface area contributed by atoms with Crippen LogP contribution < -0.4 is 0 Å². The largest absolute Gasteiger partial charge is 0.481 e. The highest BCUT2D eigenvalue weighted by atomic mass is 32.1. The first-order valence-electron chi connectivity index (χ1n) is 5.61. The summed E-state index contributed by atoms with van der Waals surface area (Å²) >= 11 is 1.32. The molecule has 0 saturated carbocycles. The van der Waals surface area contributed by atoms with E-state index in [-0.39, 0.29) is 18.9 Å². The lowest BCUT2D eigenvalue weighted by atomic mass is 10.1. The first-order valence-corrected chi connectivity index (χ1v) is 6.42. The van der Waals surface area contributed by atoms with Gasteiger partial charge in [0.25, 0.3) is 5.91 Å². The molecule has 0 bridgehead atoms. The third-order valence-electron chi connectivity index (χ3n) is 2.73. The minimum Gasteiger partial charge on any atom is -0.481 e. The van der Waals surface area contributed by atoms with Crippen LogP contribution in [0.3, 0.4) is 0 Å². The Morgan fingerprint density at radius 3 is 3.06 bits per heavy atom. The fraction of sp³-hybridized carbons (Fsp3) is 0.545. The van der Waals surface area contributed by atoms with Crippen molar-refractivity contribution in [1.82, 2.24) is 9.88 Å². The van der Waals surface area contributed by atoms with Crippen molar-refractivity contribution in [3.05, 3.63) is 16.1 Å². The average Bonchev–Trinajstić information content (AvgIpc) is 2.75. The van der Waals surface area contributed by atoms with E-state index in [0.29, 0.717) is 18.0 Å². The molecule has 1 aromatic rings. The number of carbonyl (C=O) groups excluding carboxylic acids is 1. The maximum atomic E-state index is 12.3. The van der Waals surface area contributed by atoms with Crippen LogP contribution in [0.15, 0.2) is 6.20 Å². The Hall–Kier alpha value is -1.47. The molecule has 1 saturated heterocycles. The number of rotatable bonds is 3. The van der Waals surface area contributed by atoms with E-state index in [1.54, 1.807) is 4.90 Å². The zero-order valence-electron chi connectivity index (χ0n) is 9.96. The summed E-state index contributed by atoms with van der Waals surface area (Å²) < 4.78 is 5.24. The van der Waals surface area contributed by atoms with E-state index in [1.165, 1.54) is 17.5 Å². The second kappa shape index (κ2) is 5.45. The Morgan fingerprint density at radius 1 is 1.67 bits per heavy atom. The minimum absolute atomic E-state index is 0.0937. The summed E-state index contributed by atoms with van der Waals surface area (Å²) in [5, 5.41) is 9.66. The number of aryl methyl sites for hydroxylation is 1. The van der Waals surface area contributed by atoms with E-state index in [2.05, 4.69) is 4.98 Å². The van der Waals surface area contributed by atoms with E-state index in [1.807, 2.05) is 6.92 Å². The van der Waals surface area contributed by atoms with Crippen LogP contribution >= 0.6 is 11.3 Å².